The van der Waals surface area contributed by atoms with E-state index in [-0.39, 0.29) is 0 Å². The van der Waals surface area contributed by atoms with Crippen LogP contribution in [-0.4, -0.2) is 9.55 Å². The van der Waals surface area contributed by atoms with E-state index in [1.807, 2.05) is 24.4 Å². The molecule has 3 nitrogen and oxygen atoms in total. The molecule has 3 heteroatoms. The van der Waals surface area contributed by atoms with Crippen molar-refractivity contribution >= 4 is 5.69 Å². The second kappa shape index (κ2) is 7.96. The van der Waals surface area contributed by atoms with Gasteiger partial charge in [-0.25, -0.2) is 4.98 Å². The molecular formula is C28H23N3. The van der Waals surface area contributed by atoms with E-state index in [4.69, 9.17) is 10.7 Å². The van der Waals surface area contributed by atoms with Gasteiger partial charge in [0, 0.05) is 23.6 Å². The summed E-state index contributed by atoms with van der Waals surface area (Å²) in [6.45, 7) is 0. The number of benzene rings is 4. The van der Waals surface area contributed by atoms with Gasteiger partial charge in [-0.2, -0.15) is 0 Å². The molecule has 1 aromatic heterocycles. The summed E-state index contributed by atoms with van der Waals surface area (Å²) in [7, 11) is 0. The summed E-state index contributed by atoms with van der Waals surface area (Å²) < 4.78 is 2.27. The number of hydrogen-bond donors (Lipinski definition) is 1. The van der Waals surface area contributed by atoms with Crippen molar-refractivity contribution in [3.63, 3.8) is 0 Å². The average Bonchev–Trinajstić information content (AvgIpc) is 3.32. The molecule has 0 aliphatic carbocycles. The fraction of sp³-hybridized carbons (Fsp3) is 0.0357. The molecule has 4 aromatic carbocycles. The van der Waals surface area contributed by atoms with E-state index in [0.717, 1.165) is 33.8 Å². The van der Waals surface area contributed by atoms with Gasteiger partial charge in [0.15, 0.2) is 0 Å². The van der Waals surface area contributed by atoms with Gasteiger partial charge in [-0.1, -0.05) is 103 Å². The molecule has 2 N–H and O–H groups in total. The molecule has 0 radical (unpaired) electrons. The lowest BCUT2D eigenvalue weighted by molar-refractivity contribution is 0.520. The van der Waals surface area contributed by atoms with E-state index in [1.165, 1.54) is 0 Å². The van der Waals surface area contributed by atoms with Crippen LogP contribution in [0.25, 0.3) is 11.4 Å². The first kappa shape index (κ1) is 18.9. The molecule has 5 aromatic rings. The average molecular weight is 402 g/mol. The van der Waals surface area contributed by atoms with E-state index in [9.17, 15) is 0 Å². The molecule has 0 aliphatic heterocycles. The number of nitrogens with zero attached hydrogens (tertiary/aromatic N) is 2. The minimum Gasteiger partial charge on any atom is -0.399 e. The fourth-order valence-corrected chi connectivity index (χ4v) is 4.42. The van der Waals surface area contributed by atoms with Crippen LogP contribution in [0, 0.1) is 0 Å². The molecule has 150 valence electrons. The van der Waals surface area contributed by atoms with Gasteiger partial charge in [-0.05, 0) is 28.8 Å². The van der Waals surface area contributed by atoms with Crippen LogP contribution in [0.15, 0.2) is 128 Å². The highest BCUT2D eigenvalue weighted by Gasteiger charge is 2.39. The van der Waals surface area contributed by atoms with Gasteiger partial charge in [0.05, 0.1) is 0 Å². The first-order valence-electron chi connectivity index (χ1n) is 10.4. The largest absolute Gasteiger partial charge is 0.399 e. The summed E-state index contributed by atoms with van der Waals surface area (Å²) in [5.41, 5.74) is 10.7. The van der Waals surface area contributed by atoms with Crippen LogP contribution < -0.4 is 5.73 Å². The van der Waals surface area contributed by atoms with Gasteiger partial charge in [0.1, 0.15) is 11.4 Å². The quantitative estimate of drug-likeness (QED) is 0.291. The molecule has 0 saturated carbocycles. The first-order chi connectivity index (χ1) is 15.3. The third kappa shape index (κ3) is 3.21. The maximum atomic E-state index is 6.12. The molecule has 0 atom stereocenters. The van der Waals surface area contributed by atoms with Gasteiger partial charge >= 0.3 is 0 Å². The number of hydrogen-bond acceptors (Lipinski definition) is 2. The normalized spacial score (nSPS) is 11.4. The Morgan fingerprint density at radius 2 is 1.13 bits per heavy atom. The number of nitrogen functional groups attached to an aromatic ring is 1. The highest BCUT2D eigenvalue weighted by atomic mass is 15.1. The summed E-state index contributed by atoms with van der Waals surface area (Å²) in [6, 6.07) is 39.7. The van der Waals surface area contributed by atoms with Gasteiger partial charge in [-0.15, -0.1) is 0 Å². The molecule has 0 aliphatic rings. The van der Waals surface area contributed by atoms with Gasteiger partial charge in [0.2, 0.25) is 0 Å². The third-order valence-electron chi connectivity index (χ3n) is 5.72. The molecule has 5 rings (SSSR count). The van der Waals surface area contributed by atoms with E-state index in [0.29, 0.717) is 0 Å². The van der Waals surface area contributed by atoms with Crippen molar-refractivity contribution in [2.75, 3.05) is 5.73 Å². The third-order valence-corrected chi connectivity index (χ3v) is 5.72. The topological polar surface area (TPSA) is 43.8 Å². The molecule has 0 amide bonds. The van der Waals surface area contributed by atoms with Crippen LogP contribution in [0.3, 0.4) is 0 Å². The lowest BCUT2D eigenvalue weighted by Gasteiger charge is -2.38. The molecule has 0 unspecified atom stereocenters. The molecule has 0 spiro atoms. The predicted octanol–water partition coefficient (Wildman–Crippen LogP) is 5.97. The Hall–Kier alpha value is -4.11. The van der Waals surface area contributed by atoms with Gasteiger partial charge < -0.3 is 10.3 Å². The number of imidazole rings is 1. The fourth-order valence-electron chi connectivity index (χ4n) is 4.42. The Morgan fingerprint density at radius 3 is 1.61 bits per heavy atom. The summed E-state index contributed by atoms with van der Waals surface area (Å²) in [5.74, 6) is 0.865. The number of aromatic nitrogens is 2. The van der Waals surface area contributed by atoms with Crippen LogP contribution in [0.5, 0.6) is 0 Å². The Labute approximate surface area is 182 Å². The van der Waals surface area contributed by atoms with Crippen molar-refractivity contribution in [2.45, 2.75) is 5.54 Å². The zero-order chi connectivity index (χ0) is 21.1. The Kier molecular flexibility index (Phi) is 4.85. The first-order valence-corrected chi connectivity index (χ1v) is 10.4. The van der Waals surface area contributed by atoms with Crippen LogP contribution in [0.4, 0.5) is 5.69 Å². The Morgan fingerprint density at radius 1 is 0.613 bits per heavy atom. The summed E-state index contributed by atoms with van der Waals surface area (Å²) >= 11 is 0. The summed E-state index contributed by atoms with van der Waals surface area (Å²) in [4.78, 5) is 4.78. The molecule has 0 fully saturated rings. The minimum absolute atomic E-state index is 0.597. The second-order valence-electron chi connectivity index (χ2n) is 7.55. The highest BCUT2D eigenvalue weighted by Crippen LogP contribution is 2.43. The Balaban J connectivity index is 1.90. The van der Waals surface area contributed by atoms with Crippen molar-refractivity contribution < 1.29 is 0 Å². The summed E-state index contributed by atoms with van der Waals surface area (Å²) in [5, 5.41) is 0. The smallest absolute Gasteiger partial charge is 0.141 e. The van der Waals surface area contributed by atoms with Gasteiger partial charge in [0.25, 0.3) is 0 Å². The van der Waals surface area contributed by atoms with Crippen molar-refractivity contribution in [3.8, 4) is 11.4 Å². The lowest BCUT2D eigenvalue weighted by atomic mass is 9.76. The van der Waals surface area contributed by atoms with Crippen molar-refractivity contribution in [1.29, 1.82) is 0 Å². The van der Waals surface area contributed by atoms with Crippen LogP contribution in [0.2, 0.25) is 0 Å². The molecular weight excluding hydrogens is 378 g/mol. The number of rotatable bonds is 5. The second-order valence-corrected chi connectivity index (χ2v) is 7.55. The SMILES string of the molecule is Nc1cccc(-c2nccn2C(c2ccccc2)(c2ccccc2)c2ccccc2)c1. The van der Waals surface area contributed by atoms with E-state index < -0.39 is 5.54 Å². The van der Waals surface area contributed by atoms with Crippen LogP contribution >= 0.6 is 0 Å². The van der Waals surface area contributed by atoms with Crippen LogP contribution in [0.1, 0.15) is 16.7 Å². The van der Waals surface area contributed by atoms with Crippen molar-refractivity contribution in [3.05, 3.63) is 144 Å². The minimum atomic E-state index is -0.597. The van der Waals surface area contributed by atoms with Crippen molar-refractivity contribution in [1.82, 2.24) is 9.55 Å². The predicted molar refractivity (Wildman–Crippen MR) is 127 cm³/mol. The summed E-state index contributed by atoms with van der Waals surface area (Å²) in [6.07, 6.45) is 3.92. The van der Waals surface area contributed by atoms with E-state index >= 15 is 0 Å². The maximum Gasteiger partial charge on any atom is 0.141 e. The molecule has 1 heterocycles. The standard InChI is InChI=1S/C28H23N3/c29-26-18-10-11-22(21-26)27-30-19-20-31(27)28(23-12-4-1-5-13-23,24-14-6-2-7-15-24)25-16-8-3-9-17-25/h1-21H,29H2. The van der Waals surface area contributed by atoms with E-state index in [2.05, 4.69) is 108 Å². The monoisotopic (exact) mass is 401 g/mol. The zero-order valence-electron chi connectivity index (χ0n) is 17.1. The zero-order valence-corrected chi connectivity index (χ0v) is 17.1. The molecule has 0 saturated heterocycles. The highest BCUT2D eigenvalue weighted by molar-refractivity contribution is 5.64. The van der Waals surface area contributed by atoms with Crippen LogP contribution in [-0.2, 0) is 5.54 Å². The number of nitrogens with two attached hydrogens (primary N) is 1. The number of anilines is 1. The molecule has 0 bridgehead atoms. The van der Waals surface area contributed by atoms with E-state index in [1.54, 1.807) is 0 Å². The van der Waals surface area contributed by atoms with Crippen molar-refractivity contribution in [2.24, 2.45) is 0 Å². The maximum absolute atomic E-state index is 6.12. The lowest BCUT2D eigenvalue weighted by Crippen LogP contribution is -2.37. The molecule has 31 heavy (non-hydrogen) atoms. The Bertz CT molecular complexity index is 1180. The van der Waals surface area contributed by atoms with Gasteiger partial charge in [-0.3, -0.25) is 0 Å².